The molecule has 1 fully saturated rings. The smallest absolute Gasteiger partial charge is 0.396 e. The van der Waals surface area contributed by atoms with Crippen molar-refractivity contribution in [3.63, 3.8) is 0 Å². The van der Waals surface area contributed by atoms with Gasteiger partial charge in [-0.25, -0.2) is 4.79 Å². The Labute approximate surface area is 69.0 Å². The van der Waals surface area contributed by atoms with E-state index in [-0.39, 0.29) is 12.7 Å². The first-order valence-electron chi connectivity index (χ1n) is 3.49. The Morgan fingerprint density at radius 1 is 1.67 bits per heavy atom. The largest absolute Gasteiger partial charge is 0.456 e. The van der Waals surface area contributed by atoms with E-state index < -0.39 is 11.9 Å². The number of esters is 1. The molecule has 0 saturated carbocycles. The van der Waals surface area contributed by atoms with Crippen molar-refractivity contribution in [3.05, 3.63) is 0 Å². The second-order valence-corrected chi connectivity index (χ2v) is 2.35. The van der Waals surface area contributed by atoms with Crippen LogP contribution in [0.25, 0.3) is 0 Å². The van der Waals surface area contributed by atoms with Crippen molar-refractivity contribution in [3.8, 4) is 0 Å². The summed E-state index contributed by atoms with van der Waals surface area (Å²) in [5.41, 5.74) is 4.65. The first-order valence-corrected chi connectivity index (χ1v) is 3.49. The molecule has 0 aromatic heterocycles. The molecule has 0 aromatic carbocycles. The molecule has 12 heavy (non-hydrogen) atoms. The Morgan fingerprint density at radius 2 is 2.42 bits per heavy atom. The Hall–Kier alpha value is -1.14. The van der Waals surface area contributed by atoms with Crippen LogP contribution < -0.4 is 11.1 Å². The molecule has 3 N–H and O–H groups in total. The van der Waals surface area contributed by atoms with E-state index in [9.17, 15) is 9.59 Å². The van der Waals surface area contributed by atoms with Crippen LogP contribution in [0.4, 0.5) is 0 Å². The van der Waals surface area contributed by atoms with Gasteiger partial charge in [-0.15, -0.1) is 0 Å². The molecule has 0 aromatic rings. The summed E-state index contributed by atoms with van der Waals surface area (Å²) in [5.74, 6) is -2.11. The molecule has 1 atom stereocenters. The molecule has 1 heterocycles. The normalized spacial score (nSPS) is 22.2. The van der Waals surface area contributed by atoms with Crippen LogP contribution in [0.15, 0.2) is 0 Å². The Morgan fingerprint density at radius 3 is 2.92 bits per heavy atom. The number of carbonyl (C=O) groups excluding carboxylic acids is 2. The summed E-state index contributed by atoms with van der Waals surface area (Å²) in [4.78, 5) is 20.7. The maximum atomic E-state index is 10.5. The maximum absolute atomic E-state index is 10.5. The van der Waals surface area contributed by atoms with E-state index in [4.69, 9.17) is 4.74 Å². The summed E-state index contributed by atoms with van der Waals surface area (Å²) in [5, 5.41) is 2.90. The number of rotatable bonds is 2. The maximum Gasteiger partial charge on any atom is 0.396 e. The lowest BCUT2D eigenvalue weighted by Crippen LogP contribution is -2.29. The van der Waals surface area contributed by atoms with Crippen LogP contribution in [-0.4, -0.2) is 37.9 Å². The van der Waals surface area contributed by atoms with Crippen LogP contribution in [-0.2, 0) is 19.1 Å². The average molecular weight is 174 g/mol. The fourth-order valence-electron chi connectivity index (χ4n) is 0.802. The topological polar surface area (TPSA) is 90.7 Å². The minimum Gasteiger partial charge on any atom is -0.456 e. The summed E-state index contributed by atoms with van der Waals surface area (Å²) in [7, 11) is 0. The number of primary amides is 1. The summed E-state index contributed by atoms with van der Waals surface area (Å²) in [6, 6.07) is 0. The van der Waals surface area contributed by atoms with E-state index in [1.807, 2.05) is 0 Å². The van der Waals surface area contributed by atoms with E-state index in [2.05, 4.69) is 15.8 Å². The highest BCUT2D eigenvalue weighted by molar-refractivity contribution is 6.31. The molecule has 0 bridgehead atoms. The number of nitrogens with two attached hydrogens (primary N) is 1. The Bertz CT molecular complexity index is 188. The number of carbonyl (C=O) groups is 2. The van der Waals surface area contributed by atoms with Gasteiger partial charge in [0.05, 0.1) is 6.73 Å². The van der Waals surface area contributed by atoms with Gasteiger partial charge < -0.3 is 15.2 Å². The molecule has 1 amide bonds. The zero-order valence-corrected chi connectivity index (χ0v) is 6.41. The summed E-state index contributed by atoms with van der Waals surface area (Å²) in [6.45, 7) is 1.12. The third kappa shape index (κ3) is 2.48. The van der Waals surface area contributed by atoms with Crippen LogP contribution in [0.2, 0.25) is 0 Å². The highest BCUT2D eigenvalue weighted by Gasteiger charge is 2.18. The van der Waals surface area contributed by atoms with Gasteiger partial charge in [-0.3, -0.25) is 10.1 Å². The first-order chi connectivity index (χ1) is 5.70. The van der Waals surface area contributed by atoms with Crippen molar-refractivity contribution < 1.29 is 19.1 Å². The van der Waals surface area contributed by atoms with Crippen LogP contribution in [0.3, 0.4) is 0 Å². The number of hydrogen-bond donors (Lipinski definition) is 2. The minimum atomic E-state index is -1.08. The van der Waals surface area contributed by atoms with E-state index in [0.29, 0.717) is 13.3 Å². The quantitative estimate of drug-likeness (QED) is 0.372. The van der Waals surface area contributed by atoms with Gasteiger partial charge >= 0.3 is 11.9 Å². The zero-order chi connectivity index (χ0) is 8.97. The number of amides is 1. The standard InChI is InChI=1S/C6H10N2O4/c7-5(9)6(10)11-2-4-1-8-3-12-4/h4,8H,1-3H2,(H2,7,9). The molecule has 6 heteroatoms. The van der Waals surface area contributed by atoms with Crippen LogP contribution in [0, 0.1) is 0 Å². The fourth-order valence-corrected chi connectivity index (χ4v) is 0.802. The highest BCUT2D eigenvalue weighted by Crippen LogP contribution is 1.97. The molecular weight excluding hydrogens is 164 g/mol. The van der Waals surface area contributed by atoms with Crippen molar-refractivity contribution in [2.24, 2.45) is 5.73 Å². The molecule has 1 unspecified atom stereocenters. The molecule has 68 valence electrons. The van der Waals surface area contributed by atoms with Crippen LogP contribution in [0.5, 0.6) is 0 Å². The Balaban J connectivity index is 2.16. The van der Waals surface area contributed by atoms with Gasteiger partial charge in [0.15, 0.2) is 0 Å². The predicted octanol–water partition coefficient (Wildman–Crippen LogP) is -2.04. The lowest BCUT2D eigenvalue weighted by atomic mass is 10.4. The van der Waals surface area contributed by atoms with Crippen molar-refractivity contribution in [1.82, 2.24) is 5.32 Å². The van der Waals surface area contributed by atoms with Gasteiger partial charge in [-0.1, -0.05) is 0 Å². The number of ether oxygens (including phenoxy) is 2. The van der Waals surface area contributed by atoms with Gasteiger partial charge in [0.1, 0.15) is 12.7 Å². The second kappa shape index (κ2) is 4.03. The van der Waals surface area contributed by atoms with E-state index >= 15 is 0 Å². The Kier molecular flexibility index (Phi) is 3.01. The molecular formula is C6H10N2O4. The van der Waals surface area contributed by atoms with Crippen molar-refractivity contribution in [2.75, 3.05) is 19.9 Å². The summed E-state index contributed by atoms with van der Waals surface area (Å²) < 4.78 is 9.55. The van der Waals surface area contributed by atoms with E-state index in [0.717, 1.165) is 0 Å². The molecule has 0 aliphatic carbocycles. The number of nitrogens with one attached hydrogen (secondary N) is 1. The van der Waals surface area contributed by atoms with E-state index in [1.165, 1.54) is 0 Å². The van der Waals surface area contributed by atoms with Crippen molar-refractivity contribution >= 4 is 11.9 Å². The molecule has 1 aliphatic rings. The van der Waals surface area contributed by atoms with Gasteiger partial charge in [0.25, 0.3) is 0 Å². The first kappa shape index (κ1) is 8.95. The zero-order valence-electron chi connectivity index (χ0n) is 6.41. The second-order valence-electron chi connectivity index (χ2n) is 2.35. The van der Waals surface area contributed by atoms with Crippen LogP contribution in [0.1, 0.15) is 0 Å². The van der Waals surface area contributed by atoms with E-state index in [1.54, 1.807) is 0 Å². The van der Waals surface area contributed by atoms with Gasteiger partial charge in [-0.2, -0.15) is 0 Å². The predicted molar refractivity (Wildman–Crippen MR) is 37.9 cm³/mol. The SMILES string of the molecule is NC(=O)C(=O)OCC1CNCO1. The molecule has 1 aliphatic heterocycles. The fraction of sp³-hybridized carbons (Fsp3) is 0.667. The summed E-state index contributed by atoms with van der Waals surface area (Å²) in [6.07, 6.45) is -0.173. The molecule has 6 nitrogen and oxygen atoms in total. The lowest BCUT2D eigenvalue weighted by molar-refractivity contribution is -0.155. The van der Waals surface area contributed by atoms with Crippen LogP contribution >= 0.6 is 0 Å². The molecule has 0 spiro atoms. The monoisotopic (exact) mass is 174 g/mol. The van der Waals surface area contributed by atoms with Gasteiger partial charge in [0, 0.05) is 6.54 Å². The minimum absolute atomic E-state index is 0.0643. The molecule has 1 rings (SSSR count). The van der Waals surface area contributed by atoms with Crippen molar-refractivity contribution in [2.45, 2.75) is 6.10 Å². The lowest BCUT2D eigenvalue weighted by Gasteiger charge is -2.07. The molecule has 0 radical (unpaired) electrons. The van der Waals surface area contributed by atoms with Gasteiger partial charge in [0.2, 0.25) is 0 Å². The van der Waals surface area contributed by atoms with Gasteiger partial charge in [-0.05, 0) is 0 Å². The number of hydrogen-bond acceptors (Lipinski definition) is 5. The van der Waals surface area contributed by atoms with Crippen molar-refractivity contribution in [1.29, 1.82) is 0 Å². The average Bonchev–Trinajstić information content (AvgIpc) is 2.51. The third-order valence-corrected chi connectivity index (χ3v) is 1.39. The molecule has 1 saturated heterocycles. The third-order valence-electron chi connectivity index (χ3n) is 1.39. The highest BCUT2D eigenvalue weighted by atomic mass is 16.6. The summed E-state index contributed by atoms with van der Waals surface area (Å²) >= 11 is 0.